The number of hydrogen-bond donors (Lipinski definition) is 1. The van der Waals surface area contributed by atoms with Crippen molar-refractivity contribution in [2.24, 2.45) is 0 Å². The van der Waals surface area contributed by atoms with Gasteiger partial charge in [-0.1, -0.05) is 0 Å². The average molecular weight is 513 g/mol. The number of piperazine rings is 1. The molecule has 4 aromatic heterocycles. The maximum Gasteiger partial charge on any atom is 0.225 e. The van der Waals surface area contributed by atoms with Gasteiger partial charge in [0.15, 0.2) is 17.1 Å². The largest absolute Gasteiger partial charge is 0.491 e. The van der Waals surface area contributed by atoms with Crippen molar-refractivity contribution in [1.29, 1.82) is 0 Å². The third-order valence-corrected chi connectivity index (χ3v) is 6.05. The Morgan fingerprint density at radius 3 is 2.73 bits per heavy atom. The number of anilines is 2. The van der Waals surface area contributed by atoms with E-state index in [1.54, 1.807) is 24.3 Å². The zero-order valence-corrected chi connectivity index (χ0v) is 19.5. The minimum absolute atomic E-state index is 0.0140. The summed E-state index contributed by atoms with van der Waals surface area (Å²) < 4.78 is 87.4. The molecule has 1 fully saturated rings. The van der Waals surface area contributed by atoms with E-state index in [9.17, 15) is 0 Å². The van der Waals surface area contributed by atoms with E-state index in [0.29, 0.717) is 48.8 Å². The van der Waals surface area contributed by atoms with Crippen LogP contribution in [0.5, 0.6) is 5.75 Å². The molecule has 0 unspecified atom stereocenters. The van der Waals surface area contributed by atoms with Crippen molar-refractivity contribution in [3.8, 4) is 17.3 Å². The molecular formula is C25H29N9O3. The number of nitrogens with two attached hydrogens (primary N) is 1. The van der Waals surface area contributed by atoms with E-state index >= 15 is 0 Å². The van der Waals surface area contributed by atoms with Gasteiger partial charge in [0.05, 0.1) is 43.2 Å². The Labute approximate surface area is 225 Å². The first-order valence-corrected chi connectivity index (χ1v) is 11.4. The van der Waals surface area contributed by atoms with Crippen LogP contribution in [0.4, 0.5) is 11.6 Å². The number of methoxy groups -OCH3 is 1. The maximum absolute atomic E-state index is 8.86. The van der Waals surface area contributed by atoms with E-state index in [0.717, 1.165) is 5.69 Å². The number of furan rings is 1. The van der Waals surface area contributed by atoms with Gasteiger partial charge >= 0.3 is 0 Å². The predicted molar refractivity (Wildman–Crippen MR) is 139 cm³/mol. The summed E-state index contributed by atoms with van der Waals surface area (Å²) in [4.78, 5) is 12.9. The van der Waals surface area contributed by atoms with Crippen molar-refractivity contribution in [2.45, 2.75) is 6.50 Å². The molecule has 37 heavy (non-hydrogen) atoms. The van der Waals surface area contributed by atoms with Gasteiger partial charge in [0.1, 0.15) is 12.3 Å². The molecule has 0 radical (unpaired) electrons. The second kappa shape index (κ2) is 10.1. The standard InChI is InChI=1S/C25H29N9O3/c1-35-15-16-36-19-6-4-18(5-7-19)32-11-8-31(9-12-32)10-13-33-23-20(17-27-33)24-28-22(21-3-2-14-37-21)30-34(24)25(26)29-23/h2-7,14,17H,8-13,15-16H2,1H3,(H2,26,29)/i1D3,13D2,15D2,16D2. The lowest BCUT2D eigenvalue weighted by molar-refractivity contribution is 0.146. The van der Waals surface area contributed by atoms with E-state index in [1.807, 2.05) is 4.90 Å². The summed E-state index contributed by atoms with van der Waals surface area (Å²) in [5.74, 6) is 0.771. The highest BCUT2D eigenvalue weighted by Gasteiger charge is 2.20. The van der Waals surface area contributed by atoms with Crippen molar-refractivity contribution in [3.63, 3.8) is 0 Å². The summed E-state index contributed by atoms with van der Waals surface area (Å²) in [7, 11) is -3.15. The smallest absolute Gasteiger partial charge is 0.225 e. The highest BCUT2D eigenvalue weighted by atomic mass is 16.5. The second-order valence-electron chi connectivity index (χ2n) is 8.24. The lowest BCUT2D eigenvalue weighted by Gasteiger charge is -2.36. The normalized spacial score (nSPS) is 19.8. The van der Waals surface area contributed by atoms with Gasteiger partial charge in [-0.2, -0.15) is 14.6 Å². The summed E-state index contributed by atoms with van der Waals surface area (Å²) in [6.07, 6.45) is 2.99. The van der Waals surface area contributed by atoms with Crippen LogP contribution in [0.15, 0.2) is 53.3 Å². The van der Waals surface area contributed by atoms with Gasteiger partial charge < -0.3 is 24.5 Å². The minimum atomic E-state index is -3.24. The number of nitrogens with zero attached hydrogens (tertiary/aromatic N) is 8. The molecule has 0 amide bonds. The Kier molecular flexibility index (Phi) is 4.13. The first kappa shape index (κ1) is 15.2. The average Bonchev–Trinajstić information content (AvgIpc) is 3.72. The first-order chi connectivity index (χ1) is 21.5. The third kappa shape index (κ3) is 4.68. The van der Waals surface area contributed by atoms with Gasteiger partial charge in [-0.15, -0.1) is 5.10 Å². The summed E-state index contributed by atoms with van der Waals surface area (Å²) in [6.45, 7) is -6.06. The second-order valence-corrected chi connectivity index (χ2v) is 8.24. The van der Waals surface area contributed by atoms with E-state index in [2.05, 4.69) is 29.8 Å². The highest BCUT2D eigenvalue weighted by molar-refractivity contribution is 5.90. The van der Waals surface area contributed by atoms with Crippen LogP contribution in [0.2, 0.25) is 0 Å². The van der Waals surface area contributed by atoms with Crippen LogP contribution in [0.25, 0.3) is 28.3 Å². The van der Waals surface area contributed by atoms with Crippen molar-refractivity contribution >= 4 is 28.3 Å². The Hall–Kier alpha value is -4.16. The molecule has 1 saturated heterocycles. The van der Waals surface area contributed by atoms with Gasteiger partial charge in [0.25, 0.3) is 0 Å². The Morgan fingerprint density at radius 1 is 1.08 bits per heavy atom. The Balaban J connectivity index is 1.10. The number of ether oxygens (including phenoxy) is 2. The van der Waals surface area contributed by atoms with Crippen molar-refractivity contribution in [1.82, 2.24) is 34.3 Å². The Morgan fingerprint density at radius 2 is 1.95 bits per heavy atom. The topological polar surface area (TPSA) is 125 Å². The number of aromatic nitrogens is 6. The molecule has 0 atom stereocenters. The molecule has 6 rings (SSSR count). The molecule has 5 aromatic rings. The van der Waals surface area contributed by atoms with E-state index < -0.39 is 26.7 Å². The molecule has 12 nitrogen and oxygen atoms in total. The summed E-state index contributed by atoms with van der Waals surface area (Å²) >= 11 is 0. The predicted octanol–water partition coefficient (Wildman–Crippen LogP) is 2.16. The van der Waals surface area contributed by atoms with Gasteiger partial charge in [-0.25, -0.2) is 9.67 Å². The van der Waals surface area contributed by atoms with E-state index in [-0.39, 0.29) is 23.9 Å². The molecule has 2 N–H and O–H groups in total. The van der Waals surface area contributed by atoms with Crippen LogP contribution in [-0.2, 0) is 11.2 Å². The Bertz CT molecular complexity index is 1830. The van der Waals surface area contributed by atoms with Crippen LogP contribution in [-0.4, -0.2) is 87.1 Å². The number of nitrogen functional groups attached to an aromatic ring is 1. The molecule has 1 aromatic carbocycles. The number of fused-ring (bicyclic) bond motifs is 3. The quantitative estimate of drug-likeness (QED) is 0.314. The summed E-state index contributed by atoms with van der Waals surface area (Å²) in [5, 5.41) is 9.15. The van der Waals surface area contributed by atoms with Gasteiger partial charge in [-0.05, 0) is 36.4 Å². The van der Waals surface area contributed by atoms with Crippen LogP contribution < -0.4 is 15.4 Å². The molecule has 0 aliphatic carbocycles. The third-order valence-electron chi connectivity index (χ3n) is 6.05. The monoisotopic (exact) mass is 512 g/mol. The first-order valence-electron chi connectivity index (χ1n) is 15.9. The highest BCUT2D eigenvalue weighted by Crippen LogP contribution is 2.24. The minimum Gasteiger partial charge on any atom is -0.491 e. The van der Waals surface area contributed by atoms with E-state index in [1.165, 1.54) is 33.8 Å². The zero-order valence-electron chi connectivity index (χ0n) is 28.5. The van der Waals surface area contributed by atoms with Crippen LogP contribution in [0.3, 0.4) is 0 Å². The molecule has 12 heteroatoms. The van der Waals surface area contributed by atoms with Crippen LogP contribution in [0, 0.1) is 0 Å². The molecule has 192 valence electrons. The lowest BCUT2D eigenvalue weighted by Crippen LogP contribution is -2.47. The molecule has 1 aliphatic heterocycles. The number of rotatable bonds is 9. The SMILES string of the molecule is [2H]C([2H])([2H])OC([2H])([2H])C([2H])([2H])Oc1ccc(N2CCN(CC([2H])([2H])n3ncc4c3nc(N)n3nc(-c5ccco5)nc43)CC2)cc1. The van der Waals surface area contributed by atoms with Gasteiger partial charge in [0, 0.05) is 45.4 Å². The van der Waals surface area contributed by atoms with Crippen molar-refractivity contribution < 1.29 is 26.2 Å². The molecule has 0 spiro atoms. The lowest BCUT2D eigenvalue weighted by atomic mass is 10.2. The van der Waals surface area contributed by atoms with E-state index in [4.69, 9.17) is 27.2 Å². The van der Waals surface area contributed by atoms with Crippen molar-refractivity contribution in [3.05, 3.63) is 48.9 Å². The fourth-order valence-corrected chi connectivity index (χ4v) is 4.19. The van der Waals surface area contributed by atoms with Crippen molar-refractivity contribution in [2.75, 3.05) is 63.5 Å². The number of benzene rings is 1. The van der Waals surface area contributed by atoms with Crippen LogP contribution >= 0.6 is 0 Å². The molecular weight excluding hydrogens is 474 g/mol. The molecule has 5 heterocycles. The van der Waals surface area contributed by atoms with Gasteiger partial charge in [-0.3, -0.25) is 4.90 Å². The number of hydrogen-bond acceptors (Lipinski definition) is 10. The molecule has 1 aliphatic rings. The molecule has 0 bridgehead atoms. The summed E-state index contributed by atoms with van der Waals surface area (Å²) in [6, 6.07) is 9.69. The zero-order chi connectivity index (χ0) is 33.1. The maximum atomic E-state index is 8.86. The van der Waals surface area contributed by atoms with Gasteiger partial charge in [0.2, 0.25) is 11.8 Å². The fraction of sp³-hybridized carbons (Fsp3) is 0.360. The fourth-order valence-electron chi connectivity index (χ4n) is 4.19. The molecule has 0 saturated carbocycles. The summed E-state index contributed by atoms with van der Waals surface area (Å²) in [5.41, 5.74) is 7.57. The van der Waals surface area contributed by atoms with Crippen LogP contribution in [0.1, 0.15) is 12.3 Å².